The molecular weight excluding hydrogens is 252 g/mol. The van der Waals surface area contributed by atoms with Gasteiger partial charge in [0.1, 0.15) is 6.10 Å². The molecule has 0 spiro atoms. The molecule has 0 aliphatic carbocycles. The number of aliphatic imine (C=N–C) groups is 1. The molecule has 108 valence electrons. The highest BCUT2D eigenvalue weighted by atomic mass is 16.6. The van der Waals surface area contributed by atoms with Crippen LogP contribution in [0.4, 0.5) is 4.79 Å². The Hall–Kier alpha value is -1.68. The number of carbonyl (C=O) groups excluding carboxylic acids is 1. The summed E-state index contributed by atoms with van der Waals surface area (Å²) in [6, 6.07) is 9.77. The molecule has 4 nitrogen and oxygen atoms in total. The number of hydrogen-bond donors (Lipinski definition) is 0. The maximum Gasteiger partial charge on any atom is 0.434 e. The summed E-state index contributed by atoms with van der Waals surface area (Å²) in [6.07, 6.45) is 2.05. The van der Waals surface area contributed by atoms with Gasteiger partial charge in [0, 0.05) is 13.1 Å². The maximum atomic E-state index is 11.9. The van der Waals surface area contributed by atoms with E-state index in [1.807, 2.05) is 37.3 Å². The van der Waals surface area contributed by atoms with Crippen molar-refractivity contribution in [1.82, 2.24) is 4.90 Å². The lowest BCUT2D eigenvalue weighted by Gasteiger charge is -2.28. The molecule has 1 aliphatic rings. The van der Waals surface area contributed by atoms with Crippen molar-refractivity contribution in [2.24, 2.45) is 4.99 Å². The van der Waals surface area contributed by atoms with Gasteiger partial charge in [0.25, 0.3) is 0 Å². The van der Waals surface area contributed by atoms with Crippen LogP contribution in [0.15, 0.2) is 35.3 Å². The van der Waals surface area contributed by atoms with Crippen LogP contribution < -0.4 is 0 Å². The van der Waals surface area contributed by atoms with Gasteiger partial charge >= 0.3 is 6.09 Å². The molecule has 1 aromatic carbocycles. The fourth-order valence-corrected chi connectivity index (χ4v) is 2.36. The van der Waals surface area contributed by atoms with Crippen molar-refractivity contribution < 1.29 is 9.53 Å². The third-order valence-corrected chi connectivity index (χ3v) is 3.60. The van der Waals surface area contributed by atoms with Gasteiger partial charge in [0.15, 0.2) is 0 Å². The third kappa shape index (κ3) is 4.17. The zero-order chi connectivity index (χ0) is 14.4. The van der Waals surface area contributed by atoms with E-state index in [2.05, 4.69) is 16.9 Å². The zero-order valence-electron chi connectivity index (χ0n) is 12.2. The number of nitrogens with zero attached hydrogens (tertiary/aromatic N) is 2. The second-order valence-corrected chi connectivity index (χ2v) is 5.16. The quantitative estimate of drug-likeness (QED) is 0.795. The number of likely N-dealkylation sites (tertiary alicyclic amines) is 1. The van der Waals surface area contributed by atoms with Crippen LogP contribution in [0, 0.1) is 0 Å². The van der Waals surface area contributed by atoms with Gasteiger partial charge in [-0.3, -0.25) is 0 Å². The first-order valence-corrected chi connectivity index (χ1v) is 7.21. The van der Waals surface area contributed by atoms with Crippen LogP contribution in [0.5, 0.6) is 0 Å². The van der Waals surface area contributed by atoms with Crippen LogP contribution in [0.3, 0.4) is 0 Å². The molecule has 0 aromatic heterocycles. The fourth-order valence-electron chi connectivity index (χ4n) is 2.36. The first-order chi connectivity index (χ1) is 9.69. The Kier molecular flexibility index (Phi) is 5.30. The van der Waals surface area contributed by atoms with Crippen LogP contribution in [-0.2, 0) is 4.74 Å². The summed E-state index contributed by atoms with van der Waals surface area (Å²) in [5.74, 6) is 0. The summed E-state index contributed by atoms with van der Waals surface area (Å²) in [4.78, 5) is 18.3. The van der Waals surface area contributed by atoms with Gasteiger partial charge in [-0.1, -0.05) is 37.3 Å². The summed E-state index contributed by atoms with van der Waals surface area (Å²) < 4.78 is 5.44. The van der Waals surface area contributed by atoms with Crippen molar-refractivity contribution in [1.29, 1.82) is 0 Å². The summed E-state index contributed by atoms with van der Waals surface area (Å²) in [7, 11) is 2.08. The SMILES string of the molecule is CC/C(=N/C(=O)OC1CCN(C)CC1)c1ccccc1. The molecule has 1 aromatic rings. The Labute approximate surface area is 120 Å². The Bertz CT molecular complexity index is 463. The van der Waals surface area contributed by atoms with Crippen LogP contribution in [0.25, 0.3) is 0 Å². The molecule has 4 heteroatoms. The first-order valence-electron chi connectivity index (χ1n) is 7.21. The van der Waals surface area contributed by atoms with Crippen molar-refractivity contribution in [3.05, 3.63) is 35.9 Å². The largest absolute Gasteiger partial charge is 0.445 e. The molecule has 20 heavy (non-hydrogen) atoms. The number of rotatable bonds is 3. The Balaban J connectivity index is 1.96. The highest BCUT2D eigenvalue weighted by Crippen LogP contribution is 2.13. The number of benzene rings is 1. The number of amides is 1. The molecule has 0 bridgehead atoms. The Morgan fingerprint density at radius 3 is 2.55 bits per heavy atom. The van der Waals surface area contributed by atoms with E-state index >= 15 is 0 Å². The Morgan fingerprint density at radius 1 is 1.30 bits per heavy atom. The molecule has 1 aliphatic heterocycles. The molecule has 1 saturated heterocycles. The summed E-state index contributed by atoms with van der Waals surface area (Å²) >= 11 is 0. The second kappa shape index (κ2) is 7.20. The minimum atomic E-state index is -0.458. The van der Waals surface area contributed by atoms with Crippen molar-refractivity contribution >= 4 is 11.8 Å². The van der Waals surface area contributed by atoms with Gasteiger partial charge in [-0.25, -0.2) is 4.79 Å². The number of piperidine rings is 1. The molecule has 0 N–H and O–H groups in total. The van der Waals surface area contributed by atoms with Crippen LogP contribution in [-0.4, -0.2) is 42.9 Å². The van der Waals surface area contributed by atoms with E-state index in [4.69, 9.17) is 4.74 Å². The fraction of sp³-hybridized carbons (Fsp3) is 0.500. The van der Waals surface area contributed by atoms with E-state index in [0.29, 0.717) is 6.42 Å². The van der Waals surface area contributed by atoms with E-state index in [0.717, 1.165) is 37.2 Å². The molecule has 1 fully saturated rings. The van der Waals surface area contributed by atoms with Gasteiger partial charge in [-0.15, -0.1) is 0 Å². The highest BCUT2D eigenvalue weighted by Gasteiger charge is 2.20. The van der Waals surface area contributed by atoms with Crippen molar-refractivity contribution in [3.8, 4) is 0 Å². The Morgan fingerprint density at radius 2 is 1.95 bits per heavy atom. The van der Waals surface area contributed by atoms with Gasteiger partial charge in [-0.2, -0.15) is 4.99 Å². The average Bonchev–Trinajstić information content (AvgIpc) is 2.48. The minimum Gasteiger partial charge on any atom is -0.445 e. The second-order valence-electron chi connectivity index (χ2n) is 5.16. The van der Waals surface area contributed by atoms with Crippen LogP contribution >= 0.6 is 0 Å². The van der Waals surface area contributed by atoms with Crippen LogP contribution in [0.1, 0.15) is 31.7 Å². The summed E-state index contributed by atoms with van der Waals surface area (Å²) in [5, 5.41) is 0. The standard InChI is InChI=1S/C16H22N2O2/c1-3-15(13-7-5-4-6-8-13)17-16(19)20-14-9-11-18(2)12-10-14/h4-8,14H,3,9-12H2,1-2H3/b17-15-. The lowest BCUT2D eigenvalue weighted by molar-refractivity contribution is 0.0636. The summed E-state index contributed by atoms with van der Waals surface area (Å²) in [5.41, 5.74) is 1.76. The molecule has 0 radical (unpaired) electrons. The molecule has 1 amide bonds. The molecule has 1 heterocycles. The third-order valence-electron chi connectivity index (χ3n) is 3.60. The number of ether oxygens (including phenoxy) is 1. The topological polar surface area (TPSA) is 41.9 Å². The number of hydrogen-bond acceptors (Lipinski definition) is 3. The van der Waals surface area contributed by atoms with Crippen molar-refractivity contribution in [2.75, 3.05) is 20.1 Å². The van der Waals surface area contributed by atoms with Crippen molar-refractivity contribution in [2.45, 2.75) is 32.3 Å². The normalized spacial score (nSPS) is 18.0. The van der Waals surface area contributed by atoms with Gasteiger partial charge < -0.3 is 9.64 Å². The molecule has 0 atom stereocenters. The maximum absolute atomic E-state index is 11.9. The van der Waals surface area contributed by atoms with Crippen LogP contribution in [0.2, 0.25) is 0 Å². The smallest absolute Gasteiger partial charge is 0.434 e. The molecule has 0 saturated carbocycles. The lowest BCUT2D eigenvalue weighted by Crippen LogP contribution is -2.35. The van der Waals surface area contributed by atoms with E-state index < -0.39 is 6.09 Å². The summed E-state index contributed by atoms with van der Waals surface area (Å²) in [6.45, 7) is 3.94. The van der Waals surface area contributed by atoms with Gasteiger partial charge in [-0.05, 0) is 31.9 Å². The van der Waals surface area contributed by atoms with Crippen molar-refractivity contribution in [3.63, 3.8) is 0 Å². The predicted octanol–water partition coefficient (Wildman–Crippen LogP) is 3.12. The van der Waals surface area contributed by atoms with Gasteiger partial charge in [0.2, 0.25) is 0 Å². The van der Waals surface area contributed by atoms with E-state index in [9.17, 15) is 4.79 Å². The minimum absolute atomic E-state index is 0.0105. The molecule has 0 unspecified atom stereocenters. The first kappa shape index (κ1) is 14.7. The highest BCUT2D eigenvalue weighted by molar-refractivity contribution is 6.05. The zero-order valence-corrected chi connectivity index (χ0v) is 12.2. The number of carbonyl (C=O) groups is 1. The van der Waals surface area contributed by atoms with E-state index in [-0.39, 0.29) is 6.10 Å². The monoisotopic (exact) mass is 274 g/mol. The lowest BCUT2D eigenvalue weighted by atomic mass is 10.1. The average molecular weight is 274 g/mol. The van der Waals surface area contributed by atoms with E-state index in [1.54, 1.807) is 0 Å². The predicted molar refractivity (Wildman–Crippen MR) is 80.3 cm³/mol. The molecule has 2 rings (SSSR count). The molecular formula is C16H22N2O2. The van der Waals surface area contributed by atoms with E-state index in [1.165, 1.54) is 0 Å². The van der Waals surface area contributed by atoms with Gasteiger partial charge in [0.05, 0.1) is 5.71 Å².